The molecule has 0 aliphatic carbocycles. The smallest absolute Gasteiger partial charge is 0.412 e. The molecule has 2 rings (SSSR count). The number of carbonyl (C=O) groups excluding carboxylic acids is 2. The van der Waals surface area contributed by atoms with Crippen LogP contribution in [0.4, 0.5) is 16.3 Å². The van der Waals surface area contributed by atoms with Crippen LogP contribution in [0.15, 0.2) is 36.7 Å². The number of aromatic nitrogens is 2. The second-order valence-electron chi connectivity index (χ2n) is 6.18. The highest BCUT2D eigenvalue weighted by Crippen LogP contribution is 2.15. The number of Topliss-reactive ketones (excluding diaryl/α,β-unsaturated/α-hetero) is 1. The largest absolute Gasteiger partial charge is 0.444 e. The highest BCUT2D eigenvalue weighted by atomic mass is 35.5. The minimum atomic E-state index is -0.576. The van der Waals surface area contributed by atoms with Gasteiger partial charge in [-0.2, -0.15) is 0 Å². The summed E-state index contributed by atoms with van der Waals surface area (Å²) in [6, 6.07) is 6.50. The van der Waals surface area contributed by atoms with E-state index in [2.05, 4.69) is 20.6 Å². The van der Waals surface area contributed by atoms with Gasteiger partial charge >= 0.3 is 6.09 Å². The molecule has 0 unspecified atom stereocenters. The summed E-state index contributed by atoms with van der Waals surface area (Å²) in [5.41, 5.74) is 0.450. The van der Waals surface area contributed by atoms with Crippen molar-refractivity contribution in [3.05, 3.63) is 47.4 Å². The molecule has 7 nitrogen and oxygen atoms in total. The van der Waals surface area contributed by atoms with E-state index in [4.69, 9.17) is 16.3 Å². The second-order valence-corrected chi connectivity index (χ2v) is 6.53. The van der Waals surface area contributed by atoms with E-state index in [0.717, 1.165) is 0 Å². The van der Waals surface area contributed by atoms with Crippen molar-refractivity contribution < 1.29 is 14.3 Å². The van der Waals surface area contributed by atoms with Crippen molar-refractivity contribution in [2.45, 2.75) is 26.4 Å². The molecule has 1 amide bonds. The van der Waals surface area contributed by atoms with Gasteiger partial charge in [-0.1, -0.05) is 11.6 Å². The molecule has 0 saturated heterocycles. The van der Waals surface area contributed by atoms with Crippen LogP contribution >= 0.6 is 11.6 Å². The molecule has 1 heterocycles. The zero-order valence-corrected chi connectivity index (χ0v) is 14.9. The van der Waals surface area contributed by atoms with Crippen LogP contribution in [0.5, 0.6) is 0 Å². The van der Waals surface area contributed by atoms with Crippen molar-refractivity contribution >= 4 is 35.0 Å². The van der Waals surface area contributed by atoms with Gasteiger partial charge in [0.05, 0.1) is 6.54 Å². The summed E-state index contributed by atoms with van der Waals surface area (Å²) in [4.78, 5) is 31.8. The van der Waals surface area contributed by atoms with Gasteiger partial charge in [-0.05, 0) is 45.0 Å². The Morgan fingerprint density at radius 1 is 1.12 bits per heavy atom. The van der Waals surface area contributed by atoms with Crippen LogP contribution in [-0.4, -0.2) is 34.0 Å². The van der Waals surface area contributed by atoms with Crippen molar-refractivity contribution in [2.75, 3.05) is 17.2 Å². The van der Waals surface area contributed by atoms with E-state index in [9.17, 15) is 9.59 Å². The summed E-state index contributed by atoms with van der Waals surface area (Å²) >= 11 is 5.87. The maximum atomic E-state index is 12.2. The number of carbonyl (C=O) groups is 2. The van der Waals surface area contributed by atoms with E-state index in [1.165, 1.54) is 12.4 Å². The Morgan fingerprint density at radius 2 is 1.76 bits per heavy atom. The van der Waals surface area contributed by atoms with Crippen LogP contribution in [0.3, 0.4) is 0 Å². The Hall–Kier alpha value is -2.67. The third kappa shape index (κ3) is 6.04. The number of benzene rings is 1. The first-order valence-electron chi connectivity index (χ1n) is 7.58. The summed E-state index contributed by atoms with van der Waals surface area (Å²) in [7, 11) is 0. The average Bonchev–Trinajstić information content (AvgIpc) is 2.52. The second kappa shape index (κ2) is 7.94. The number of hydrogen-bond acceptors (Lipinski definition) is 6. The Morgan fingerprint density at radius 3 is 2.36 bits per heavy atom. The fourth-order valence-electron chi connectivity index (χ4n) is 1.87. The van der Waals surface area contributed by atoms with Crippen LogP contribution in [0.1, 0.15) is 31.1 Å². The van der Waals surface area contributed by atoms with Crippen molar-refractivity contribution in [1.29, 1.82) is 0 Å². The van der Waals surface area contributed by atoms with Gasteiger partial charge in [-0.15, -0.1) is 0 Å². The topological polar surface area (TPSA) is 93.2 Å². The van der Waals surface area contributed by atoms with Crippen molar-refractivity contribution in [3.63, 3.8) is 0 Å². The third-order valence-electron chi connectivity index (χ3n) is 2.92. The van der Waals surface area contributed by atoms with Gasteiger partial charge in [-0.25, -0.2) is 14.8 Å². The summed E-state index contributed by atoms with van der Waals surface area (Å²) < 4.78 is 5.17. The maximum Gasteiger partial charge on any atom is 0.412 e. The number of hydrogen-bond donors (Lipinski definition) is 2. The molecule has 25 heavy (non-hydrogen) atoms. The number of halogens is 1. The number of ketones is 1. The average molecular weight is 363 g/mol. The Bertz CT molecular complexity index is 757. The lowest BCUT2D eigenvalue weighted by Gasteiger charge is -2.19. The molecule has 0 saturated carbocycles. The lowest BCUT2D eigenvalue weighted by atomic mass is 10.1. The lowest BCUT2D eigenvalue weighted by molar-refractivity contribution is 0.0636. The number of ether oxygens (including phenoxy) is 1. The lowest BCUT2D eigenvalue weighted by Crippen LogP contribution is -2.27. The maximum absolute atomic E-state index is 12.2. The van der Waals surface area contributed by atoms with Gasteiger partial charge in [0.15, 0.2) is 16.8 Å². The van der Waals surface area contributed by atoms with Crippen molar-refractivity contribution in [3.8, 4) is 0 Å². The molecule has 0 radical (unpaired) electrons. The molecule has 0 aliphatic rings. The summed E-state index contributed by atoms with van der Waals surface area (Å²) in [6.07, 6.45) is 2.40. The Kier molecular flexibility index (Phi) is 5.93. The van der Waals surface area contributed by atoms with Gasteiger partial charge in [0.2, 0.25) is 0 Å². The van der Waals surface area contributed by atoms with Crippen LogP contribution in [-0.2, 0) is 4.74 Å². The van der Waals surface area contributed by atoms with Crippen LogP contribution in [0.25, 0.3) is 0 Å². The van der Waals surface area contributed by atoms with Crippen LogP contribution in [0, 0.1) is 0 Å². The molecule has 8 heteroatoms. The van der Waals surface area contributed by atoms with Crippen molar-refractivity contribution in [1.82, 2.24) is 9.97 Å². The van der Waals surface area contributed by atoms with Gasteiger partial charge in [0, 0.05) is 23.6 Å². The normalized spacial score (nSPS) is 10.9. The molecule has 0 atom stereocenters. The minimum absolute atomic E-state index is 0.0251. The third-order valence-corrected chi connectivity index (χ3v) is 3.20. The summed E-state index contributed by atoms with van der Waals surface area (Å²) in [5, 5.41) is 5.65. The zero-order valence-electron chi connectivity index (χ0n) is 14.2. The molecule has 2 N–H and O–H groups in total. The number of rotatable bonds is 5. The highest BCUT2D eigenvalue weighted by molar-refractivity contribution is 6.31. The van der Waals surface area contributed by atoms with Crippen molar-refractivity contribution in [2.24, 2.45) is 0 Å². The quantitative estimate of drug-likeness (QED) is 0.786. The van der Waals surface area contributed by atoms with E-state index < -0.39 is 11.7 Å². The molecule has 0 fully saturated rings. The first kappa shape index (κ1) is 18.7. The number of nitrogens with one attached hydrogen (secondary N) is 2. The van der Waals surface area contributed by atoms with E-state index in [1.54, 1.807) is 45.0 Å². The predicted octanol–water partition coefficient (Wildman–Crippen LogP) is 3.77. The van der Waals surface area contributed by atoms with Crippen LogP contribution < -0.4 is 10.6 Å². The molecule has 0 spiro atoms. The highest BCUT2D eigenvalue weighted by Gasteiger charge is 2.16. The molecule has 132 valence electrons. The fourth-order valence-corrected chi connectivity index (χ4v) is 2.04. The monoisotopic (exact) mass is 362 g/mol. The molecule has 0 aliphatic heterocycles. The molecule has 0 bridgehead atoms. The molecular formula is C17H19ClN4O3. The van der Waals surface area contributed by atoms with E-state index in [1.807, 2.05) is 0 Å². The Labute approximate surface area is 150 Å². The summed E-state index contributed by atoms with van der Waals surface area (Å²) in [5.74, 6) is 0.200. The van der Waals surface area contributed by atoms with E-state index >= 15 is 0 Å². The van der Waals surface area contributed by atoms with E-state index in [-0.39, 0.29) is 17.5 Å². The molecule has 1 aromatic carbocycles. The fraction of sp³-hybridized carbons (Fsp3) is 0.294. The standard InChI is InChI=1S/C17H19ClN4O3/c1-17(2,3)25-16(24)22-12-6-4-11(5-7-12)13(23)10-21-15-14(18)19-8-9-20-15/h4-9H,10H2,1-3H3,(H,20,21)(H,22,24). The number of amides is 1. The predicted molar refractivity (Wildman–Crippen MR) is 96.2 cm³/mol. The Balaban J connectivity index is 1.92. The van der Waals surface area contributed by atoms with Gasteiger partial charge in [0.25, 0.3) is 0 Å². The van der Waals surface area contributed by atoms with Crippen LogP contribution in [0.2, 0.25) is 5.15 Å². The SMILES string of the molecule is CC(C)(C)OC(=O)Nc1ccc(C(=O)CNc2nccnc2Cl)cc1. The molecule has 2 aromatic rings. The number of nitrogens with zero attached hydrogens (tertiary/aromatic N) is 2. The first-order valence-corrected chi connectivity index (χ1v) is 7.96. The van der Waals surface area contributed by atoms with Gasteiger partial charge in [-0.3, -0.25) is 10.1 Å². The zero-order chi connectivity index (χ0) is 18.4. The summed E-state index contributed by atoms with van der Waals surface area (Å²) in [6.45, 7) is 5.37. The molecular weight excluding hydrogens is 344 g/mol. The minimum Gasteiger partial charge on any atom is -0.444 e. The number of anilines is 2. The molecule has 1 aromatic heterocycles. The van der Waals surface area contributed by atoms with E-state index in [0.29, 0.717) is 17.1 Å². The van der Waals surface area contributed by atoms with Gasteiger partial charge < -0.3 is 10.1 Å². The first-order chi connectivity index (χ1) is 11.7. The van der Waals surface area contributed by atoms with Gasteiger partial charge in [0.1, 0.15) is 5.60 Å².